The van der Waals surface area contributed by atoms with Gasteiger partial charge in [0.15, 0.2) is 11.5 Å². The molecule has 1 aliphatic heterocycles. The van der Waals surface area contributed by atoms with E-state index < -0.39 is 18.4 Å². The van der Waals surface area contributed by atoms with E-state index in [-0.39, 0.29) is 18.5 Å². The van der Waals surface area contributed by atoms with Gasteiger partial charge in [-0.15, -0.1) is 0 Å². The van der Waals surface area contributed by atoms with E-state index in [2.05, 4.69) is 45.2 Å². The summed E-state index contributed by atoms with van der Waals surface area (Å²) in [6.45, 7) is 5.62. The minimum atomic E-state index is -0.906. The summed E-state index contributed by atoms with van der Waals surface area (Å²) in [6, 6.07) is 11.2. The molecule has 2 aromatic carbocycles. The number of fused-ring (bicyclic) bond motifs is 2. The van der Waals surface area contributed by atoms with Crippen molar-refractivity contribution in [1.82, 2.24) is 0 Å². The first-order chi connectivity index (χ1) is 17.1. The van der Waals surface area contributed by atoms with E-state index in [0.29, 0.717) is 47.5 Å². The zero-order valence-electron chi connectivity index (χ0n) is 19.9. The van der Waals surface area contributed by atoms with Crippen LogP contribution in [0.1, 0.15) is 39.2 Å². The van der Waals surface area contributed by atoms with Crippen LogP contribution in [-0.4, -0.2) is 25.6 Å². The molecule has 0 fully saturated rings. The number of rotatable bonds is 8. The van der Waals surface area contributed by atoms with Gasteiger partial charge in [-0.3, -0.25) is 9.59 Å². The lowest BCUT2D eigenvalue weighted by molar-refractivity contribution is -0.137. The van der Waals surface area contributed by atoms with Gasteiger partial charge in [-0.25, -0.2) is 4.79 Å². The van der Waals surface area contributed by atoms with Gasteiger partial charge in [-0.1, -0.05) is 65.1 Å². The first kappa shape index (κ1) is 26.7. The summed E-state index contributed by atoms with van der Waals surface area (Å²) in [5.74, 6) is 0.646. The average molecular weight is 718 g/mol. The maximum atomic E-state index is 13.3. The number of carbonyl (C=O) groups excluding carboxylic acids is 2. The lowest BCUT2D eigenvalue weighted by atomic mass is 9.95. The maximum Gasteiger partial charge on any atom is 0.336 e. The minimum Gasteiger partial charge on any atom is -0.453 e. The molecule has 2 unspecified atom stereocenters. The van der Waals surface area contributed by atoms with E-state index in [1.54, 1.807) is 36.4 Å². The Morgan fingerprint density at radius 1 is 0.944 bits per heavy atom. The predicted octanol–water partition coefficient (Wildman–Crippen LogP) is 5.76. The molecule has 2 heterocycles. The fourth-order valence-corrected chi connectivity index (χ4v) is 4.18. The first-order valence-electron chi connectivity index (χ1n) is 11.3. The third kappa shape index (κ3) is 5.48. The van der Waals surface area contributed by atoms with Crippen molar-refractivity contribution in [3.63, 3.8) is 0 Å². The fraction of sp³-hybridized carbons (Fsp3) is 0.346. The Morgan fingerprint density at radius 2 is 1.69 bits per heavy atom. The predicted molar refractivity (Wildman–Crippen MR) is 150 cm³/mol. The fourth-order valence-electron chi connectivity index (χ4n) is 3.55. The molecule has 10 heteroatoms. The molecular weight excluding hydrogens is 694 g/mol. The second-order valence-corrected chi connectivity index (χ2v) is 13.0. The molecule has 4 rings (SSSR count). The number of benzene rings is 2. The molecule has 0 bridgehead atoms. The van der Waals surface area contributed by atoms with Gasteiger partial charge in [0.2, 0.25) is 12.5 Å². The molecule has 3 aromatic rings. The SMILES string of the molecule is CCC(C)(I)C(=O)Oc1ccc(CC(I)(CC)C(=O)Oc2ccc3oc(=O)ccc3c2)c2c1OCO2. The van der Waals surface area contributed by atoms with Crippen LogP contribution >= 0.6 is 45.2 Å². The molecule has 36 heavy (non-hydrogen) atoms. The third-order valence-corrected chi connectivity index (χ3v) is 8.84. The highest BCUT2D eigenvalue weighted by molar-refractivity contribution is 14.1. The Labute approximate surface area is 234 Å². The van der Waals surface area contributed by atoms with Crippen molar-refractivity contribution >= 4 is 68.1 Å². The molecule has 190 valence electrons. The largest absolute Gasteiger partial charge is 0.453 e. The lowest BCUT2D eigenvalue weighted by Crippen LogP contribution is -2.37. The summed E-state index contributed by atoms with van der Waals surface area (Å²) in [6.07, 6.45) is 1.42. The molecule has 2 atom stereocenters. The van der Waals surface area contributed by atoms with E-state index in [4.69, 9.17) is 23.4 Å². The Morgan fingerprint density at radius 3 is 2.42 bits per heavy atom. The van der Waals surface area contributed by atoms with Crippen LogP contribution < -0.4 is 24.6 Å². The van der Waals surface area contributed by atoms with E-state index in [1.165, 1.54) is 6.07 Å². The highest BCUT2D eigenvalue weighted by atomic mass is 127. The number of esters is 2. The van der Waals surface area contributed by atoms with Crippen molar-refractivity contribution in [3.8, 4) is 23.0 Å². The summed E-state index contributed by atoms with van der Waals surface area (Å²) in [5, 5.41) is 0.648. The topological polar surface area (TPSA) is 101 Å². The first-order valence-corrected chi connectivity index (χ1v) is 13.5. The number of halogens is 2. The highest BCUT2D eigenvalue weighted by Crippen LogP contribution is 2.46. The van der Waals surface area contributed by atoms with Gasteiger partial charge in [-0.05, 0) is 50.1 Å². The Kier molecular flexibility index (Phi) is 7.83. The molecule has 0 radical (unpaired) electrons. The Bertz CT molecular complexity index is 1380. The normalized spacial score (nSPS) is 15.7. The smallest absolute Gasteiger partial charge is 0.336 e. The molecule has 0 saturated heterocycles. The van der Waals surface area contributed by atoms with Gasteiger partial charge < -0.3 is 23.4 Å². The zero-order valence-corrected chi connectivity index (χ0v) is 24.2. The number of ether oxygens (including phenoxy) is 4. The number of carbonyl (C=O) groups is 2. The van der Waals surface area contributed by atoms with Gasteiger partial charge in [-0.2, -0.15) is 0 Å². The van der Waals surface area contributed by atoms with Crippen LogP contribution in [0.2, 0.25) is 0 Å². The molecule has 0 aliphatic carbocycles. The molecule has 0 N–H and O–H groups in total. The van der Waals surface area contributed by atoms with Crippen molar-refractivity contribution in [2.45, 2.75) is 46.9 Å². The van der Waals surface area contributed by atoms with Gasteiger partial charge in [0, 0.05) is 23.4 Å². The van der Waals surface area contributed by atoms with Crippen molar-refractivity contribution in [3.05, 3.63) is 58.4 Å². The molecule has 1 aliphatic rings. The van der Waals surface area contributed by atoms with Crippen LogP contribution in [-0.2, 0) is 16.0 Å². The molecule has 0 spiro atoms. The Balaban J connectivity index is 1.56. The molecule has 0 amide bonds. The molecule has 0 saturated carbocycles. The summed E-state index contributed by atoms with van der Waals surface area (Å²) in [4.78, 5) is 37.3. The third-order valence-electron chi connectivity index (χ3n) is 6.05. The van der Waals surface area contributed by atoms with Gasteiger partial charge in [0.25, 0.3) is 0 Å². The quantitative estimate of drug-likeness (QED) is 0.0954. The van der Waals surface area contributed by atoms with E-state index in [0.717, 1.165) is 5.56 Å². The van der Waals surface area contributed by atoms with E-state index in [1.807, 2.05) is 20.8 Å². The number of hydrogen-bond donors (Lipinski definition) is 0. The summed E-state index contributed by atoms with van der Waals surface area (Å²) in [5.41, 5.74) is 0.704. The zero-order chi connectivity index (χ0) is 26.1. The molecular formula is C26H24I2O8. The summed E-state index contributed by atoms with van der Waals surface area (Å²) in [7, 11) is 0. The van der Waals surface area contributed by atoms with Crippen molar-refractivity contribution in [2.75, 3.05) is 6.79 Å². The van der Waals surface area contributed by atoms with Crippen LogP contribution in [0.4, 0.5) is 0 Å². The van der Waals surface area contributed by atoms with Gasteiger partial charge in [0.1, 0.15) is 18.2 Å². The standard InChI is InChI=1S/C26H24I2O8/c1-4-25(3,27)23(30)36-19-9-6-16(21-22(19)33-14-32-21)13-26(28,5-2)24(31)34-17-8-10-18-15(12-17)7-11-20(29)35-18/h6-12H,4-5,13-14H2,1-3H3. The lowest BCUT2D eigenvalue weighted by Gasteiger charge is -2.25. The monoisotopic (exact) mass is 718 g/mol. The highest BCUT2D eigenvalue weighted by Gasteiger charge is 2.39. The van der Waals surface area contributed by atoms with Crippen molar-refractivity contribution in [2.24, 2.45) is 0 Å². The number of alkyl halides is 2. The molecule has 1 aromatic heterocycles. The number of hydrogen-bond acceptors (Lipinski definition) is 8. The molecule has 8 nitrogen and oxygen atoms in total. The second kappa shape index (κ2) is 10.6. The van der Waals surface area contributed by atoms with Gasteiger partial charge >= 0.3 is 17.6 Å². The maximum absolute atomic E-state index is 13.3. The van der Waals surface area contributed by atoms with Gasteiger partial charge in [0.05, 0.1) is 0 Å². The van der Waals surface area contributed by atoms with E-state index >= 15 is 0 Å². The van der Waals surface area contributed by atoms with Crippen molar-refractivity contribution < 1.29 is 33.0 Å². The summed E-state index contributed by atoms with van der Waals surface area (Å²) < 4.78 is 26.2. The summed E-state index contributed by atoms with van der Waals surface area (Å²) >= 11 is 4.18. The average Bonchev–Trinajstić information content (AvgIpc) is 3.36. The second-order valence-electron chi connectivity index (χ2n) is 8.57. The van der Waals surface area contributed by atoms with Crippen LogP contribution in [0.25, 0.3) is 11.0 Å². The van der Waals surface area contributed by atoms with Crippen LogP contribution in [0.15, 0.2) is 51.7 Å². The van der Waals surface area contributed by atoms with Crippen LogP contribution in [0, 0.1) is 0 Å². The van der Waals surface area contributed by atoms with E-state index in [9.17, 15) is 14.4 Å². The minimum absolute atomic E-state index is 0.00971. The van der Waals surface area contributed by atoms with Crippen LogP contribution in [0.3, 0.4) is 0 Å². The van der Waals surface area contributed by atoms with Crippen LogP contribution in [0.5, 0.6) is 23.0 Å². The van der Waals surface area contributed by atoms with Crippen molar-refractivity contribution in [1.29, 1.82) is 0 Å². The Hall–Kier alpha value is -2.35.